The number of rotatable bonds is 3. The Bertz CT molecular complexity index is 854. The number of hydrogen-bond donors (Lipinski definition) is 3. The number of hydrogen-bond acceptors (Lipinski definition) is 4. The zero-order valence-corrected chi connectivity index (χ0v) is 11.1. The molecule has 0 aliphatic heterocycles. The second-order valence-electron chi connectivity index (χ2n) is 4.32. The molecule has 0 unspecified atom stereocenters. The first-order valence-corrected chi connectivity index (χ1v) is 6.17. The van der Waals surface area contributed by atoms with Crippen LogP contribution >= 0.6 is 0 Å². The summed E-state index contributed by atoms with van der Waals surface area (Å²) < 4.78 is 0. The molecule has 1 aromatic carbocycles. The highest BCUT2D eigenvalue weighted by molar-refractivity contribution is 5.95. The molecule has 0 saturated carbocycles. The van der Waals surface area contributed by atoms with Gasteiger partial charge in [0.15, 0.2) is 0 Å². The van der Waals surface area contributed by atoms with Crippen molar-refractivity contribution in [2.24, 2.45) is 0 Å². The Morgan fingerprint density at radius 1 is 1.29 bits per heavy atom. The predicted molar refractivity (Wildman–Crippen MR) is 76.7 cm³/mol. The van der Waals surface area contributed by atoms with Crippen LogP contribution in [0.15, 0.2) is 34.0 Å². The van der Waals surface area contributed by atoms with Gasteiger partial charge in [-0.25, -0.2) is 4.79 Å². The number of carboxylic acid groups (broad SMARTS) is 1. The molecule has 0 saturated heterocycles. The highest BCUT2D eigenvalue weighted by atomic mass is 16.4. The Morgan fingerprint density at radius 3 is 2.62 bits per heavy atom. The fraction of sp³-hybridized carbons (Fsp3) is 0.143. The van der Waals surface area contributed by atoms with Crippen molar-refractivity contribution in [3.8, 4) is 0 Å². The number of amides is 1. The molecule has 0 fully saturated rings. The van der Waals surface area contributed by atoms with Gasteiger partial charge in [0, 0.05) is 18.3 Å². The topological polar surface area (TPSA) is 116 Å². The molecule has 21 heavy (non-hydrogen) atoms. The van der Waals surface area contributed by atoms with Crippen LogP contribution in [0.25, 0.3) is 10.9 Å². The summed E-state index contributed by atoms with van der Waals surface area (Å²) in [6.45, 7) is 1.66. The average Bonchev–Trinajstić information content (AvgIpc) is 2.60. The molecule has 2 aromatic rings. The second-order valence-corrected chi connectivity index (χ2v) is 4.32. The zero-order chi connectivity index (χ0) is 15.6. The lowest BCUT2D eigenvalue weighted by molar-refractivity contribution is -0.115. The Kier molecular flexibility index (Phi) is 3.84. The van der Waals surface area contributed by atoms with Crippen LogP contribution in [0.3, 0.4) is 0 Å². The molecule has 108 valence electrons. The number of carbonyl (C=O) groups excluding carboxylic acids is 1. The summed E-state index contributed by atoms with van der Waals surface area (Å²) >= 11 is 0. The Hall–Kier alpha value is -2.96. The summed E-state index contributed by atoms with van der Waals surface area (Å²) in [7, 11) is 0. The Morgan fingerprint density at radius 2 is 2.00 bits per heavy atom. The largest absolute Gasteiger partial charge is 0.477 e. The van der Waals surface area contributed by atoms with Gasteiger partial charge in [-0.3, -0.25) is 14.4 Å². The van der Waals surface area contributed by atoms with Gasteiger partial charge in [0.1, 0.15) is 5.56 Å². The normalized spacial score (nSPS) is 10.3. The maximum absolute atomic E-state index is 12.1. The molecule has 0 spiro atoms. The van der Waals surface area contributed by atoms with Gasteiger partial charge in [0.25, 0.3) is 0 Å². The smallest absolute Gasteiger partial charge is 0.341 e. The number of carbonyl (C=O) groups is 2. The molecule has 2 rings (SSSR count). The minimum Gasteiger partial charge on any atom is -0.477 e. The van der Waals surface area contributed by atoms with Crippen LogP contribution in [-0.2, 0) is 4.79 Å². The molecule has 1 heterocycles. The van der Waals surface area contributed by atoms with Crippen LogP contribution in [0.5, 0.6) is 0 Å². The Balaban J connectivity index is 2.80. The molecule has 7 nitrogen and oxygen atoms in total. The third-order valence-corrected chi connectivity index (χ3v) is 2.92. The molecule has 0 bridgehead atoms. The van der Waals surface area contributed by atoms with Crippen molar-refractivity contribution in [1.82, 2.24) is 4.98 Å². The summed E-state index contributed by atoms with van der Waals surface area (Å²) in [5, 5.41) is 11.4. The predicted octanol–water partition coefficient (Wildman–Crippen LogP) is 0.935. The molecule has 0 aliphatic carbocycles. The summed E-state index contributed by atoms with van der Waals surface area (Å²) in [6.07, 6.45) is 1.22. The first-order chi connectivity index (χ1) is 9.93. The number of anilines is 1. The fourth-order valence-corrected chi connectivity index (χ4v) is 1.83. The zero-order valence-electron chi connectivity index (χ0n) is 11.1. The van der Waals surface area contributed by atoms with Gasteiger partial charge in [-0.15, -0.1) is 0 Å². The molecule has 0 radical (unpaired) electrons. The van der Waals surface area contributed by atoms with E-state index in [0.29, 0.717) is 0 Å². The van der Waals surface area contributed by atoms with Crippen LogP contribution in [0.4, 0.5) is 5.69 Å². The summed E-state index contributed by atoms with van der Waals surface area (Å²) in [5.41, 5.74) is -1.49. The monoisotopic (exact) mass is 288 g/mol. The fourth-order valence-electron chi connectivity index (χ4n) is 1.83. The summed E-state index contributed by atoms with van der Waals surface area (Å²) in [6, 6.07) is 3.85. The van der Waals surface area contributed by atoms with E-state index in [4.69, 9.17) is 5.11 Å². The lowest BCUT2D eigenvalue weighted by Crippen LogP contribution is -2.17. The summed E-state index contributed by atoms with van der Waals surface area (Å²) in [4.78, 5) is 48.9. The minimum atomic E-state index is -1.39. The van der Waals surface area contributed by atoms with Gasteiger partial charge in [0.05, 0.1) is 10.9 Å². The molecule has 7 heteroatoms. The van der Waals surface area contributed by atoms with Gasteiger partial charge in [-0.2, -0.15) is 0 Å². The van der Waals surface area contributed by atoms with Crippen LogP contribution in [0.1, 0.15) is 23.7 Å². The van der Waals surface area contributed by atoms with E-state index in [-0.39, 0.29) is 28.9 Å². The van der Waals surface area contributed by atoms with Gasteiger partial charge >= 0.3 is 5.97 Å². The lowest BCUT2D eigenvalue weighted by Gasteiger charge is -2.00. The second kappa shape index (κ2) is 5.58. The van der Waals surface area contributed by atoms with Crippen molar-refractivity contribution in [2.75, 3.05) is 5.32 Å². The van der Waals surface area contributed by atoms with E-state index in [0.717, 1.165) is 6.20 Å². The van der Waals surface area contributed by atoms with E-state index in [2.05, 4.69) is 10.3 Å². The van der Waals surface area contributed by atoms with Gasteiger partial charge in [-0.05, 0) is 18.2 Å². The third kappa shape index (κ3) is 2.81. The highest BCUT2D eigenvalue weighted by Gasteiger charge is 2.13. The van der Waals surface area contributed by atoms with Crippen LogP contribution in [0, 0.1) is 0 Å². The molecule has 0 aliphatic rings. The van der Waals surface area contributed by atoms with Crippen LogP contribution < -0.4 is 16.2 Å². The van der Waals surface area contributed by atoms with Crippen molar-refractivity contribution >= 4 is 28.5 Å². The van der Waals surface area contributed by atoms with E-state index in [9.17, 15) is 19.2 Å². The average molecular weight is 288 g/mol. The number of H-pyrrole nitrogens is 1. The first-order valence-electron chi connectivity index (χ1n) is 6.17. The van der Waals surface area contributed by atoms with Crippen molar-refractivity contribution in [3.63, 3.8) is 0 Å². The van der Waals surface area contributed by atoms with Crippen molar-refractivity contribution in [2.45, 2.75) is 13.3 Å². The SMILES string of the molecule is CCC(=O)Nc1ccc(=O)c2[nH]cc(C(=O)O)c(=O)c2c1. The van der Waals surface area contributed by atoms with Crippen molar-refractivity contribution < 1.29 is 14.7 Å². The molecule has 1 aromatic heterocycles. The maximum atomic E-state index is 12.1. The van der Waals surface area contributed by atoms with Gasteiger partial charge < -0.3 is 15.4 Å². The van der Waals surface area contributed by atoms with Crippen molar-refractivity contribution in [3.05, 3.63) is 50.4 Å². The molecular formula is C14H12N2O5. The number of aromatic carboxylic acids is 1. The number of aromatic nitrogens is 1. The Labute approximate surface area is 118 Å². The standard InChI is InChI=1S/C14H12N2O5/c1-2-11(18)16-7-3-4-10(17)12-8(5-7)13(19)9(6-15-12)14(20)21/h3-6H,2H2,1H3,(H,15,19)(H,16,18)(H,20,21). The minimum absolute atomic E-state index is 0.0120. The lowest BCUT2D eigenvalue weighted by atomic mass is 10.2. The first kappa shape index (κ1) is 14.4. The van der Waals surface area contributed by atoms with Gasteiger partial charge in [0.2, 0.25) is 16.8 Å². The van der Waals surface area contributed by atoms with Crippen molar-refractivity contribution in [1.29, 1.82) is 0 Å². The number of fused-ring (bicyclic) bond motifs is 1. The third-order valence-electron chi connectivity index (χ3n) is 2.92. The number of carboxylic acids is 1. The number of aromatic amines is 1. The van der Waals surface area contributed by atoms with Gasteiger partial charge in [-0.1, -0.05) is 6.92 Å². The van der Waals surface area contributed by atoms with E-state index < -0.39 is 22.4 Å². The summed E-state index contributed by atoms with van der Waals surface area (Å²) in [5.74, 6) is -1.68. The van der Waals surface area contributed by atoms with E-state index in [1.807, 2.05) is 0 Å². The molecule has 3 N–H and O–H groups in total. The van der Waals surface area contributed by atoms with E-state index in [1.165, 1.54) is 18.2 Å². The van der Waals surface area contributed by atoms with Crippen LogP contribution in [0.2, 0.25) is 0 Å². The molecule has 1 amide bonds. The van der Waals surface area contributed by atoms with E-state index >= 15 is 0 Å². The maximum Gasteiger partial charge on any atom is 0.341 e. The van der Waals surface area contributed by atoms with E-state index in [1.54, 1.807) is 6.92 Å². The highest BCUT2D eigenvalue weighted by Crippen LogP contribution is 2.11. The molecule has 0 atom stereocenters. The quantitative estimate of drug-likeness (QED) is 0.777. The van der Waals surface area contributed by atoms with Crippen LogP contribution in [-0.4, -0.2) is 22.0 Å². The molecular weight excluding hydrogens is 276 g/mol. The number of nitrogens with one attached hydrogen (secondary N) is 2. The number of pyridine rings is 1.